The van der Waals surface area contributed by atoms with Crippen LogP contribution in [-0.4, -0.2) is 52.8 Å². The monoisotopic (exact) mass is 422 g/mol. The molecule has 3 N–H and O–H groups in total. The van der Waals surface area contributed by atoms with Gasteiger partial charge in [-0.05, 0) is 49.5 Å². The first-order valence-electron chi connectivity index (χ1n) is 10.2. The molecule has 5 rings (SSSR count). The second kappa shape index (κ2) is 7.54. The topological polar surface area (TPSA) is 80.7 Å². The molecule has 1 aromatic carbocycles. The predicted octanol–water partition coefficient (Wildman–Crippen LogP) is 3.30. The molecule has 0 spiro atoms. The molecule has 1 aliphatic heterocycles. The van der Waals surface area contributed by atoms with Gasteiger partial charge in [-0.2, -0.15) is 5.10 Å². The molecule has 30 heavy (non-hydrogen) atoms. The van der Waals surface area contributed by atoms with Crippen molar-refractivity contribution in [2.45, 2.75) is 25.9 Å². The molecule has 1 saturated heterocycles. The summed E-state index contributed by atoms with van der Waals surface area (Å²) in [5, 5.41) is 9.10. The summed E-state index contributed by atoms with van der Waals surface area (Å²) in [4.78, 5) is 7.88. The van der Waals surface area contributed by atoms with Crippen molar-refractivity contribution >= 4 is 32.8 Å². The zero-order chi connectivity index (χ0) is 20.8. The largest absolute Gasteiger partial charge is 0.495 e. The fourth-order valence-corrected chi connectivity index (χ4v) is 5.57. The Hall–Kier alpha value is -2.68. The Kier molecular flexibility index (Phi) is 4.85. The Morgan fingerprint density at radius 3 is 2.93 bits per heavy atom. The molecule has 0 aliphatic carbocycles. The molecule has 1 fully saturated rings. The van der Waals surface area contributed by atoms with E-state index in [1.54, 1.807) is 18.4 Å². The van der Waals surface area contributed by atoms with Crippen LogP contribution in [0.1, 0.15) is 17.7 Å². The van der Waals surface area contributed by atoms with Crippen molar-refractivity contribution in [2.75, 3.05) is 33.0 Å². The lowest BCUT2D eigenvalue weighted by atomic mass is 10.1. The number of ether oxygens (including phenoxy) is 1. The van der Waals surface area contributed by atoms with Gasteiger partial charge in [0.05, 0.1) is 17.5 Å². The van der Waals surface area contributed by atoms with Crippen LogP contribution < -0.4 is 15.8 Å². The molecule has 0 amide bonds. The highest BCUT2D eigenvalue weighted by atomic mass is 32.1. The van der Waals surface area contributed by atoms with Gasteiger partial charge in [-0.3, -0.25) is 4.90 Å². The summed E-state index contributed by atoms with van der Waals surface area (Å²) in [6.07, 6.45) is 2.70. The molecule has 0 radical (unpaired) electrons. The number of likely N-dealkylation sites (N-methyl/N-ethyl adjacent to an activating group) is 1. The van der Waals surface area contributed by atoms with E-state index in [0.29, 0.717) is 11.9 Å². The molecule has 1 aliphatic rings. The second-order valence-corrected chi connectivity index (χ2v) is 9.01. The molecular formula is C22H26N6OS. The molecule has 0 saturated carbocycles. The molecule has 7 nitrogen and oxygen atoms in total. The molecule has 3 aromatic heterocycles. The first-order valence-corrected chi connectivity index (χ1v) is 11.0. The van der Waals surface area contributed by atoms with Crippen LogP contribution in [0.2, 0.25) is 0 Å². The number of aromatic nitrogens is 3. The smallest absolute Gasteiger partial charge is 0.152 e. The number of methoxy groups -OCH3 is 1. The van der Waals surface area contributed by atoms with E-state index >= 15 is 0 Å². The number of anilines is 1. The van der Waals surface area contributed by atoms with Crippen LogP contribution in [0.25, 0.3) is 26.0 Å². The predicted molar refractivity (Wildman–Crippen MR) is 122 cm³/mol. The summed E-state index contributed by atoms with van der Waals surface area (Å²) in [5.74, 6) is 1.41. The van der Waals surface area contributed by atoms with Crippen molar-refractivity contribution in [3.63, 3.8) is 0 Å². The van der Waals surface area contributed by atoms with Crippen molar-refractivity contribution < 1.29 is 4.74 Å². The minimum Gasteiger partial charge on any atom is -0.495 e. The van der Waals surface area contributed by atoms with E-state index in [9.17, 15) is 0 Å². The quantitative estimate of drug-likeness (QED) is 0.514. The average molecular weight is 423 g/mol. The van der Waals surface area contributed by atoms with Crippen molar-refractivity contribution in [1.82, 2.24) is 24.8 Å². The average Bonchev–Trinajstić information content (AvgIpc) is 3.45. The minimum absolute atomic E-state index is 0.501. The Bertz CT molecular complexity index is 1230. The van der Waals surface area contributed by atoms with Crippen molar-refractivity contribution in [2.24, 2.45) is 0 Å². The van der Waals surface area contributed by atoms with Crippen LogP contribution in [0, 0.1) is 6.92 Å². The van der Waals surface area contributed by atoms with E-state index in [-0.39, 0.29) is 0 Å². The molecule has 1 atom stereocenters. The molecule has 156 valence electrons. The fraction of sp³-hybridized carbons (Fsp3) is 0.364. The Morgan fingerprint density at radius 2 is 2.17 bits per heavy atom. The van der Waals surface area contributed by atoms with Gasteiger partial charge in [0.15, 0.2) is 5.82 Å². The highest BCUT2D eigenvalue weighted by Crippen LogP contribution is 2.42. The third-order valence-electron chi connectivity index (χ3n) is 5.93. The number of nitrogen functional groups attached to an aromatic ring is 1. The summed E-state index contributed by atoms with van der Waals surface area (Å²) >= 11 is 1.72. The lowest BCUT2D eigenvalue weighted by Gasteiger charge is -2.15. The number of aryl methyl sites for hydroxylation is 1. The summed E-state index contributed by atoms with van der Waals surface area (Å²) in [6, 6.07) is 9.26. The number of likely N-dealkylation sites (tertiary alicyclic amines) is 1. The van der Waals surface area contributed by atoms with Crippen molar-refractivity contribution in [1.29, 1.82) is 0 Å². The van der Waals surface area contributed by atoms with Gasteiger partial charge in [-0.1, -0.05) is 6.07 Å². The van der Waals surface area contributed by atoms with Gasteiger partial charge in [-0.25, -0.2) is 9.50 Å². The maximum atomic E-state index is 6.32. The van der Waals surface area contributed by atoms with Gasteiger partial charge in [-0.15, -0.1) is 11.3 Å². The van der Waals surface area contributed by atoms with Gasteiger partial charge < -0.3 is 15.8 Å². The van der Waals surface area contributed by atoms with Gasteiger partial charge in [0.1, 0.15) is 17.6 Å². The van der Waals surface area contributed by atoms with Crippen LogP contribution in [0.5, 0.6) is 5.75 Å². The lowest BCUT2D eigenvalue weighted by Crippen LogP contribution is -2.29. The SMILES string of the molecule is CNC1CCN(Cc2cc(-c3cc4cc(C)cc(OC)c4s3)c3c(N)ncnn23)C1. The number of fused-ring (bicyclic) bond motifs is 2. The molecule has 4 heterocycles. The maximum absolute atomic E-state index is 6.32. The molecule has 8 heteroatoms. The van der Waals surface area contributed by atoms with Gasteiger partial charge >= 0.3 is 0 Å². The standard InChI is InChI=1S/C22H26N6OS/c1-13-6-14-8-19(30-21(14)18(7-13)29-3)17-9-16(11-27-5-4-15(10-27)24-2)28-20(17)22(23)25-12-26-28/h6-9,12,15,24H,4-5,10-11H2,1-3H3,(H2,23,25,26). The lowest BCUT2D eigenvalue weighted by molar-refractivity contribution is 0.316. The summed E-state index contributed by atoms with van der Waals surface area (Å²) in [6.45, 7) is 5.04. The van der Waals surface area contributed by atoms with E-state index in [4.69, 9.17) is 10.5 Å². The molecular weight excluding hydrogens is 396 g/mol. The van der Waals surface area contributed by atoms with E-state index in [2.05, 4.69) is 51.5 Å². The normalized spacial score (nSPS) is 17.4. The van der Waals surface area contributed by atoms with Crippen LogP contribution in [0.4, 0.5) is 5.82 Å². The number of rotatable bonds is 5. The highest BCUT2D eigenvalue weighted by Gasteiger charge is 2.24. The molecule has 4 aromatic rings. The Morgan fingerprint density at radius 1 is 1.30 bits per heavy atom. The Balaban J connectivity index is 1.62. The van der Waals surface area contributed by atoms with Crippen LogP contribution >= 0.6 is 11.3 Å². The molecule has 1 unspecified atom stereocenters. The zero-order valence-electron chi connectivity index (χ0n) is 17.5. The van der Waals surface area contributed by atoms with Gasteiger partial charge in [0.25, 0.3) is 0 Å². The second-order valence-electron chi connectivity index (χ2n) is 7.96. The van der Waals surface area contributed by atoms with Crippen LogP contribution in [-0.2, 0) is 6.54 Å². The van der Waals surface area contributed by atoms with Crippen LogP contribution in [0.15, 0.2) is 30.6 Å². The van der Waals surface area contributed by atoms with Gasteiger partial charge in [0.2, 0.25) is 0 Å². The number of benzene rings is 1. The number of hydrogen-bond acceptors (Lipinski definition) is 7. The summed E-state index contributed by atoms with van der Waals surface area (Å²) < 4.78 is 8.73. The van der Waals surface area contributed by atoms with Crippen molar-refractivity contribution in [3.05, 3.63) is 41.9 Å². The number of hydrogen-bond donors (Lipinski definition) is 2. The zero-order valence-corrected chi connectivity index (χ0v) is 18.3. The highest BCUT2D eigenvalue weighted by molar-refractivity contribution is 7.22. The fourth-order valence-electron chi connectivity index (χ4n) is 4.42. The van der Waals surface area contributed by atoms with E-state index in [0.717, 1.165) is 51.7 Å². The number of nitrogens with two attached hydrogens (primary N) is 1. The first kappa shape index (κ1) is 19.3. The summed E-state index contributed by atoms with van der Waals surface area (Å²) in [7, 11) is 3.75. The van der Waals surface area contributed by atoms with E-state index in [1.165, 1.54) is 23.7 Å². The van der Waals surface area contributed by atoms with Crippen molar-refractivity contribution in [3.8, 4) is 16.2 Å². The summed E-state index contributed by atoms with van der Waals surface area (Å²) in [5.41, 5.74) is 10.6. The van der Waals surface area contributed by atoms with E-state index in [1.807, 2.05) is 11.6 Å². The number of nitrogens with one attached hydrogen (secondary N) is 1. The molecule has 0 bridgehead atoms. The van der Waals surface area contributed by atoms with E-state index < -0.39 is 0 Å². The van der Waals surface area contributed by atoms with Gasteiger partial charge in [0, 0.05) is 36.1 Å². The minimum atomic E-state index is 0.501. The third kappa shape index (κ3) is 3.21. The number of nitrogens with zero attached hydrogens (tertiary/aromatic N) is 4. The Labute approximate surface area is 179 Å². The first-order chi connectivity index (χ1) is 14.6. The van der Waals surface area contributed by atoms with Crippen LogP contribution in [0.3, 0.4) is 0 Å². The maximum Gasteiger partial charge on any atom is 0.152 e. The number of thiophene rings is 1. The third-order valence-corrected chi connectivity index (χ3v) is 7.13.